The van der Waals surface area contributed by atoms with E-state index >= 15 is 0 Å². The molecule has 2 rings (SSSR count). The second kappa shape index (κ2) is 7.97. The summed E-state index contributed by atoms with van der Waals surface area (Å²) in [5.74, 6) is -3.30. The molecule has 2 N–H and O–H groups in total. The van der Waals surface area contributed by atoms with E-state index in [1.165, 1.54) is 6.42 Å². The smallest absolute Gasteiger partial charge is 0.307 e. The standard InChI is InChI=1S/C18H24O4/c19-17(20)15(11-13-7-3-1-4-8-13)16(18(21)22)12-14-9-5-2-6-10-14/h1,3-4,7-8,14-16H,2,5-6,9-12H2,(H,19,20)(H,21,22)/t15-,16-/m0/s1. The predicted octanol–water partition coefficient (Wildman–Crippen LogP) is 3.60. The van der Waals surface area contributed by atoms with Crippen LogP contribution in [-0.4, -0.2) is 22.2 Å². The molecule has 4 nitrogen and oxygen atoms in total. The van der Waals surface area contributed by atoms with E-state index in [0.29, 0.717) is 12.3 Å². The van der Waals surface area contributed by atoms with Gasteiger partial charge in [-0.1, -0.05) is 62.4 Å². The van der Waals surface area contributed by atoms with Crippen LogP contribution in [0.2, 0.25) is 0 Å². The van der Waals surface area contributed by atoms with Gasteiger partial charge < -0.3 is 10.2 Å². The molecular weight excluding hydrogens is 280 g/mol. The van der Waals surface area contributed by atoms with E-state index in [1.807, 2.05) is 30.3 Å². The number of carboxylic acids is 2. The quantitative estimate of drug-likeness (QED) is 0.807. The first-order valence-electron chi connectivity index (χ1n) is 8.07. The number of hydrogen-bond acceptors (Lipinski definition) is 2. The maximum Gasteiger partial charge on any atom is 0.307 e. The largest absolute Gasteiger partial charge is 0.481 e. The van der Waals surface area contributed by atoms with E-state index in [9.17, 15) is 19.8 Å². The zero-order chi connectivity index (χ0) is 15.9. The minimum Gasteiger partial charge on any atom is -0.481 e. The van der Waals surface area contributed by atoms with Crippen molar-refractivity contribution in [1.82, 2.24) is 0 Å². The number of aliphatic carboxylic acids is 2. The van der Waals surface area contributed by atoms with E-state index in [1.54, 1.807) is 0 Å². The van der Waals surface area contributed by atoms with E-state index in [4.69, 9.17) is 0 Å². The molecule has 0 spiro atoms. The Bertz CT molecular complexity index is 491. The Balaban J connectivity index is 2.10. The third-order valence-corrected chi connectivity index (χ3v) is 4.73. The van der Waals surface area contributed by atoms with Gasteiger partial charge in [-0.15, -0.1) is 0 Å². The van der Waals surface area contributed by atoms with Crippen molar-refractivity contribution in [3.05, 3.63) is 35.9 Å². The van der Waals surface area contributed by atoms with Crippen molar-refractivity contribution >= 4 is 11.9 Å². The van der Waals surface area contributed by atoms with Crippen molar-refractivity contribution < 1.29 is 19.8 Å². The van der Waals surface area contributed by atoms with Crippen LogP contribution >= 0.6 is 0 Å². The summed E-state index contributed by atoms with van der Waals surface area (Å²) in [6.07, 6.45) is 6.30. The van der Waals surface area contributed by atoms with Crippen molar-refractivity contribution in [3.8, 4) is 0 Å². The molecule has 0 amide bonds. The molecule has 1 fully saturated rings. The number of carboxylic acid groups (broad SMARTS) is 2. The lowest BCUT2D eigenvalue weighted by Crippen LogP contribution is -2.33. The zero-order valence-corrected chi connectivity index (χ0v) is 12.8. The molecule has 0 unspecified atom stereocenters. The molecule has 1 saturated carbocycles. The van der Waals surface area contributed by atoms with Crippen molar-refractivity contribution in [2.45, 2.75) is 44.9 Å². The zero-order valence-electron chi connectivity index (χ0n) is 12.8. The molecule has 120 valence electrons. The van der Waals surface area contributed by atoms with Gasteiger partial charge in [-0.25, -0.2) is 0 Å². The Morgan fingerprint density at radius 1 is 0.955 bits per heavy atom. The average molecular weight is 304 g/mol. The predicted molar refractivity (Wildman–Crippen MR) is 83.6 cm³/mol. The van der Waals surface area contributed by atoms with E-state index in [2.05, 4.69) is 0 Å². The topological polar surface area (TPSA) is 74.6 Å². The molecule has 0 bridgehead atoms. The first kappa shape index (κ1) is 16.5. The normalized spacial score (nSPS) is 18.5. The molecule has 0 aromatic heterocycles. The first-order chi connectivity index (χ1) is 10.6. The van der Waals surface area contributed by atoms with Gasteiger partial charge in [0.1, 0.15) is 0 Å². The third kappa shape index (κ3) is 4.58. The number of hydrogen-bond donors (Lipinski definition) is 2. The minimum atomic E-state index is -1.01. The molecule has 22 heavy (non-hydrogen) atoms. The lowest BCUT2D eigenvalue weighted by atomic mass is 9.76. The van der Waals surface area contributed by atoms with Gasteiger partial charge >= 0.3 is 11.9 Å². The van der Waals surface area contributed by atoms with Crippen LogP contribution in [0.3, 0.4) is 0 Å². The Hall–Kier alpha value is -1.84. The summed E-state index contributed by atoms with van der Waals surface area (Å²) in [6.45, 7) is 0. The lowest BCUT2D eigenvalue weighted by molar-refractivity contribution is -0.154. The second-order valence-electron chi connectivity index (χ2n) is 6.32. The van der Waals surface area contributed by atoms with Gasteiger partial charge in [0.25, 0.3) is 0 Å². The first-order valence-corrected chi connectivity index (χ1v) is 8.07. The summed E-state index contributed by atoms with van der Waals surface area (Å²) >= 11 is 0. The molecule has 1 aliphatic rings. The SMILES string of the molecule is O=C(O)[C@@H](Cc1ccccc1)[C@H](CC1CCCCC1)C(=O)O. The molecule has 2 atom stereocenters. The van der Waals surface area contributed by atoms with Crippen LogP contribution in [-0.2, 0) is 16.0 Å². The number of benzene rings is 1. The number of carbonyl (C=O) groups is 2. The average Bonchev–Trinajstić information content (AvgIpc) is 2.52. The lowest BCUT2D eigenvalue weighted by Gasteiger charge is -2.27. The summed E-state index contributed by atoms with van der Waals surface area (Å²) in [5, 5.41) is 19.1. The van der Waals surface area contributed by atoms with Crippen molar-refractivity contribution in [1.29, 1.82) is 0 Å². The second-order valence-corrected chi connectivity index (χ2v) is 6.32. The van der Waals surface area contributed by atoms with Gasteiger partial charge in [-0.3, -0.25) is 9.59 Å². The minimum absolute atomic E-state index is 0.278. The van der Waals surface area contributed by atoms with Crippen LogP contribution in [0.25, 0.3) is 0 Å². The fraction of sp³-hybridized carbons (Fsp3) is 0.556. The van der Waals surface area contributed by atoms with Gasteiger partial charge in [0.2, 0.25) is 0 Å². The van der Waals surface area contributed by atoms with Crippen molar-refractivity contribution in [3.63, 3.8) is 0 Å². The van der Waals surface area contributed by atoms with Crippen LogP contribution in [0.1, 0.15) is 44.1 Å². The summed E-state index contributed by atoms with van der Waals surface area (Å²) in [5.41, 5.74) is 0.879. The van der Waals surface area contributed by atoms with Gasteiger partial charge in [-0.05, 0) is 24.3 Å². The Kier molecular flexibility index (Phi) is 5.99. The summed E-state index contributed by atoms with van der Waals surface area (Å²) in [4.78, 5) is 23.3. The van der Waals surface area contributed by atoms with Crippen molar-refractivity contribution in [2.24, 2.45) is 17.8 Å². The molecule has 0 aliphatic heterocycles. The Morgan fingerprint density at radius 2 is 1.55 bits per heavy atom. The van der Waals surface area contributed by atoms with Gasteiger partial charge in [-0.2, -0.15) is 0 Å². The molecule has 1 aromatic rings. The van der Waals surface area contributed by atoms with Gasteiger partial charge in [0, 0.05) is 0 Å². The fourth-order valence-corrected chi connectivity index (χ4v) is 3.49. The van der Waals surface area contributed by atoms with Crippen molar-refractivity contribution in [2.75, 3.05) is 0 Å². The highest BCUT2D eigenvalue weighted by Gasteiger charge is 2.35. The maximum atomic E-state index is 11.6. The Morgan fingerprint density at radius 3 is 2.09 bits per heavy atom. The van der Waals surface area contributed by atoms with Crippen LogP contribution in [0.5, 0.6) is 0 Å². The Labute approximate surface area is 131 Å². The van der Waals surface area contributed by atoms with Crippen LogP contribution < -0.4 is 0 Å². The molecule has 0 saturated heterocycles. The highest BCUT2D eigenvalue weighted by atomic mass is 16.4. The van der Waals surface area contributed by atoms with Crippen LogP contribution in [0, 0.1) is 17.8 Å². The summed E-state index contributed by atoms with van der Waals surface area (Å²) < 4.78 is 0. The molecule has 0 heterocycles. The molecule has 1 aromatic carbocycles. The monoisotopic (exact) mass is 304 g/mol. The molecule has 0 radical (unpaired) electrons. The highest BCUT2D eigenvalue weighted by molar-refractivity contribution is 5.80. The molecule has 4 heteroatoms. The summed E-state index contributed by atoms with van der Waals surface area (Å²) in [6, 6.07) is 9.29. The fourth-order valence-electron chi connectivity index (χ4n) is 3.49. The number of rotatable bonds is 7. The summed E-state index contributed by atoms with van der Waals surface area (Å²) in [7, 11) is 0. The third-order valence-electron chi connectivity index (χ3n) is 4.73. The van der Waals surface area contributed by atoms with Gasteiger partial charge in [0.05, 0.1) is 11.8 Å². The van der Waals surface area contributed by atoms with E-state index in [0.717, 1.165) is 31.2 Å². The van der Waals surface area contributed by atoms with Gasteiger partial charge in [0.15, 0.2) is 0 Å². The highest BCUT2D eigenvalue weighted by Crippen LogP contribution is 2.33. The maximum absolute atomic E-state index is 11.6. The molecule has 1 aliphatic carbocycles. The van der Waals surface area contributed by atoms with Crippen LogP contribution in [0.4, 0.5) is 0 Å². The van der Waals surface area contributed by atoms with Crippen LogP contribution in [0.15, 0.2) is 30.3 Å². The van der Waals surface area contributed by atoms with E-state index < -0.39 is 23.8 Å². The van der Waals surface area contributed by atoms with E-state index in [-0.39, 0.29) is 6.42 Å². The molecular formula is C18H24O4.